The first-order valence-corrected chi connectivity index (χ1v) is 7.88. The van der Waals surface area contributed by atoms with Crippen LogP contribution in [-0.4, -0.2) is 35.2 Å². The molecule has 0 bridgehead atoms. The minimum absolute atomic E-state index is 0. The maximum absolute atomic E-state index is 5.15. The van der Waals surface area contributed by atoms with Crippen molar-refractivity contribution in [2.75, 3.05) is 18.8 Å². The molecular weight excluding hydrogens is 387 g/mol. The smallest absolute Gasteiger partial charge is 0.191 e. The molecule has 2 N–H and O–H groups in total. The Balaban J connectivity index is 0.00000200. The Bertz CT molecular complexity index is 418. The van der Waals surface area contributed by atoms with E-state index in [2.05, 4.69) is 27.7 Å². The van der Waals surface area contributed by atoms with E-state index in [0.717, 1.165) is 35.8 Å². The number of aliphatic imine (C=N–C) groups is 1. The number of hydrogen-bond donors (Lipinski definition) is 2. The van der Waals surface area contributed by atoms with E-state index in [1.165, 1.54) is 18.6 Å². The lowest BCUT2D eigenvalue weighted by atomic mass is 10.2. The van der Waals surface area contributed by atoms with Gasteiger partial charge in [0.2, 0.25) is 0 Å². The lowest BCUT2D eigenvalue weighted by Gasteiger charge is -2.14. The summed E-state index contributed by atoms with van der Waals surface area (Å²) >= 11 is 2.05. The molecule has 0 aromatic carbocycles. The third-order valence-electron chi connectivity index (χ3n) is 2.94. The highest BCUT2D eigenvalue weighted by molar-refractivity contribution is 14.0. The van der Waals surface area contributed by atoms with Gasteiger partial charge in [-0.1, -0.05) is 5.16 Å². The Morgan fingerprint density at radius 1 is 1.55 bits per heavy atom. The first kappa shape index (κ1) is 17.6. The van der Waals surface area contributed by atoms with E-state index in [0.29, 0.717) is 6.54 Å². The van der Waals surface area contributed by atoms with Gasteiger partial charge in [-0.25, -0.2) is 4.99 Å². The van der Waals surface area contributed by atoms with Crippen LogP contribution >= 0.6 is 35.7 Å². The van der Waals surface area contributed by atoms with E-state index >= 15 is 0 Å². The SMILES string of the molecule is CCNC(=NCc1cc(C)no1)NCC1CCCS1.I. The van der Waals surface area contributed by atoms with Crippen LogP contribution in [0.5, 0.6) is 0 Å². The van der Waals surface area contributed by atoms with E-state index < -0.39 is 0 Å². The van der Waals surface area contributed by atoms with Gasteiger partial charge in [0.05, 0.1) is 5.69 Å². The van der Waals surface area contributed by atoms with E-state index in [9.17, 15) is 0 Å². The van der Waals surface area contributed by atoms with Crippen molar-refractivity contribution in [3.05, 3.63) is 17.5 Å². The van der Waals surface area contributed by atoms with Crippen molar-refractivity contribution in [2.24, 2.45) is 4.99 Å². The molecule has 0 radical (unpaired) electrons. The van der Waals surface area contributed by atoms with E-state index in [4.69, 9.17) is 4.52 Å². The molecule has 1 saturated heterocycles. The van der Waals surface area contributed by atoms with Crippen LogP contribution in [0.4, 0.5) is 0 Å². The van der Waals surface area contributed by atoms with Crippen LogP contribution < -0.4 is 10.6 Å². The first-order chi connectivity index (χ1) is 9.28. The van der Waals surface area contributed by atoms with Crippen LogP contribution in [0.2, 0.25) is 0 Å². The largest absolute Gasteiger partial charge is 0.359 e. The number of aryl methyl sites for hydroxylation is 1. The number of thioether (sulfide) groups is 1. The Morgan fingerprint density at radius 3 is 3.00 bits per heavy atom. The van der Waals surface area contributed by atoms with E-state index in [-0.39, 0.29) is 24.0 Å². The predicted octanol–water partition coefficient (Wildman–Crippen LogP) is 2.55. The van der Waals surface area contributed by atoms with E-state index in [1.54, 1.807) is 0 Å². The zero-order valence-corrected chi connectivity index (χ0v) is 15.2. The van der Waals surface area contributed by atoms with Crippen LogP contribution in [0, 0.1) is 6.92 Å². The lowest BCUT2D eigenvalue weighted by molar-refractivity contribution is 0.381. The Kier molecular flexibility index (Phi) is 8.35. The first-order valence-electron chi connectivity index (χ1n) is 6.84. The molecule has 2 rings (SSSR count). The Hall–Kier alpha value is -0.440. The van der Waals surface area contributed by atoms with Crippen LogP contribution in [-0.2, 0) is 6.54 Å². The van der Waals surface area contributed by atoms with Gasteiger partial charge in [0, 0.05) is 24.4 Å². The van der Waals surface area contributed by atoms with Crippen molar-refractivity contribution in [3.63, 3.8) is 0 Å². The molecule has 0 saturated carbocycles. The quantitative estimate of drug-likeness (QED) is 0.444. The monoisotopic (exact) mass is 410 g/mol. The number of rotatable bonds is 5. The Morgan fingerprint density at radius 2 is 2.40 bits per heavy atom. The molecule has 0 aliphatic carbocycles. The van der Waals surface area contributed by atoms with Gasteiger partial charge in [-0.05, 0) is 32.4 Å². The van der Waals surface area contributed by atoms with Gasteiger partial charge in [-0.2, -0.15) is 11.8 Å². The number of nitrogens with zero attached hydrogens (tertiary/aromatic N) is 2. The topological polar surface area (TPSA) is 62.5 Å². The molecule has 1 aromatic heterocycles. The third-order valence-corrected chi connectivity index (χ3v) is 4.33. The summed E-state index contributed by atoms with van der Waals surface area (Å²) in [7, 11) is 0. The van der Waals surface area contributed by atoms with Gasteiger partial charge in [-0.3, -0.25) is 0 Å². The highest BCUT2D eigenvalue weighted by Crippen LogP contribution is 2.25. The molecule has 2 heterocycles. The number of hydrogen-bond acceptors (Lipinski definition) is 4. The highest BCUT2D eigenvalue weighted by atomic mass is 127. The molecule has 1 aromatic rings. The molecule has 114 valence electrons. The maximum atomic E-state index is 5.15. The zero-order valence-electron chi connectivity index (χ0n) is 12.0. The summed E-state index contributed by atoms with van der Waals surface area (Å²) in [6.45, 7) is 6.34. The molecule has 1 aliphatic rings. The van der Waals surface area contributed by atoms with Gasteiger partial charge in [0.1, 0.15) is 6.54 Å². The van der Waals surface area contributed by atoms with Crippen molar-refractivity contribution in [2.45, 2.75) is 38.5 Å². The summed E-state index contributed by atoms with van der Waals surface area (Å²) in [6, 6.07) is 1.92. The van der Waals surface area contributed by atoms with Gasteiger partial charge in [0.25, 0.3) is 0 Å². The molecule has 1 atom stereocenters. The molecule has 1 aliphatic heterocycles. The fourth-order valence-corrected chi connectivity index (χ4v) is 3.21. The van der Waals surface area contributed by atoms with Gasteiger partial charge < -0.3 is 15.2 Å². The molecule has 1 unspecified atom stereocenters. The molecule has 5 nitrogen and oxygen atoms in total. The van der Waals surface area contributed by atoms with Crippen molar-refractivity contribution in [1.29, 1.82) is 0 Å². The minimum Gasteiger partial charge on any atom is -0.359 e. The Labute approximate surface area is 141 Å². The average Bonchev–Trinajstić information content (AvgIpc) is 3.04. The van der Waals surface area contributed by atoms with Crippen LogP contribution in [0.1, 0.15) is 31.2 Å². The second-order valence-electron chi connectivity index (χ2n) is 4.65. The highest BCUT2D eigenvalue weighted by Gasteiger charge is 2.15. The third kappa shape index (κ3) is 5.90. The number of nitrogens with one attached hydrogen (secondary N) is 2. The fourth-order valence-electron chi connectivity index (χ4n) is 2.01. The number of halogens is 1. The average molecular weight is 410 g/mol. The summed E-state index contributed by atoms with van der Waals surface area (Å²) in [5.74, 6) is 2.94. The molecule has 1 fully saturated rings. The zero-order chi connectivity index (χ0) is 13.5. The van der Waals surface area contributed by atoms with Gasteiger partial charge >= 0.3 is 0 Å². The standard InChI is InChI=1S/C13H22N4OS.HI/c1-3-14-13(16-9-12-5-4-6-19-12)15-8-11-7-10(2)17-18-11;/h7,12H,3-6,8-9H2,1-2H3,(H2,14,15,16);1H. The van der Waals surface area contributed by atoms with Crippen molar-refractivity contribution < 1.29 is 4.52 Å². The number of aromatic nitrogens is 1. The van der Waals surface area contributed by atoms with Crippen LogP contribution in [0.3, 0.4) is 0 Å². The second-order valence-corrected chi connectivity index (χ2v) is 6.05. The molecular formula is C13H23IN4OS. The second kappa shape index (κ2) is 9.49. The summed E-state index contributed by atoms with van der Waals surface area (Å²) in [5.41, 5.74) is 0.894. The number of guanidine groups is 1. The molecule has 7 heteroatoms. The molecule has 0 spiro atoms. The van der Waals surface area contributed by atoms with E-state index in [1.807, 2.05) is 24.8 Å². The molecule has 0 amide bonds. The van der Waals surface area contributed by atoms with Crippen LogP contribution in [0.15, 0.2) is 15.6 Å². The van der Waals surface area contributed by atoms with Crippen molar-refractivity contribution in [1.82, 2.24) is 15.8 Å². The van der Waals surface area contributed by atoms with Crippen molar-refractivity contribution in [3.8, 4) is 0 Å². The lowest BCUT2D eigenvalue weighted by Crippen LogP contribution is -2.40. The van der Waals surface area contributed by atoms with Gasteiger partial charge in [-0.15, -0.1) is 24.0 Å². The molecule has 20 heavy (non-hydrogen) atoms. The van der Waals surface area contributed by atoms with Gasteiger partial charge in [0.15, 0.2) is 11.7 Å². The summed E-state index contributed by atoms with van der Waals surface area (Å²) in [4.78, 5) is 4.51. The summed E-state index contributed by atoms with van der Waals surface area (Å²) < 4.78 is 5.15. The minimum atomic E-state index is 0. The van der Waals surface area contributed by atoms with Crippen LogP contribution in [0.25, 0.3) is 0 Å². The van der Waals surface area contributed by atoms with Crippen molar-refractivity contribution >= 4 is 41.7 Å². The maximum Gasteiger partial charge on any atom is 0.191 e. The summed E-state index contributed by atoms with van der Waals surface area (Å²) in [6.07, 6.45) is 2.64. The fraction of sp³-hybridized carbons (Fsp3) is 0.692. The predicted molar refractivity (Wildman–Crippen MR) is 95.0 cm³/mol. The summed E-state index contributed by atoms with van der Waals surface area (Å²) in [5, 5.41) is 11.2. The normalized spacial score (nSPS) is 18.7.